The molecule has 2 N–H and O–H groups in total. The third-order valence-electron chi connectivity index (χ3n) is 4.06. The van der Waals surface area contributed by atoms with Crippen molar-refractivity contribution < 1.29 is 18.7 Å². The van der Waals surface area contributed by atoms with Crippen LogP contribution in [0.2, 0.25) is 0 Å². The van der Waals surface area contributed by atoms with Crippen molar-refractivity contribution in [2.45, 2.75) is 13.5 Å². The number of halogens is 2. The van der Waals surface area contributed by atoms with Gasteiger partial charge in [0, 0.05) is 18.0 Å². The number of amides is 1. The molecule has 1 amide bonds. The van der Waals surface area contributed by atoms with Crippen LogP contribution in [0.1, 0.15) is 21.5 Å². The number of hydrogen-bond acceptors (Lipinski definition) is 3. The van der Waals surface area contributed by atoms with Gasteiger partial charge >= 0.3 is 0 Å². The number of anilines is 1. The molecule has 1 heterocycles. The van der Waals surface area contributed by atoms with Crippen molar-refractivity contribution in [3.8, 4) is 5.69 Å². The predicted octanol–water partition coefficient (Wildman–Crippen LogP) is 3.17. The zero-order valence-electron chi connectivity index (χ0n) is 14.4. The highest BCUT2D eigenvalue weighted by atomic mass is 19.1. The minimum absolute atomic E-state index is 0.185. The molecule has 0 aliphatic carbocycles. The van der Waals surface area contributed by atoms with Gasteiger partial charge < -0.3 is 10.4 Å². The topological polar surface area (TPSA) is 71.3 Å². The Kier molecular flexibility index (Phi) is 5.14. The van der Waals surface area contributed by atoms with Crippen molar-refractivity contribution in [1.29, 1.82) is 0 Å². The fourth-order valence-electron chi connectivity index (χ4n) is 2.70. The first-order valence-electron chi connectivity index (χ1n) is 8.09. The van der Waals surface area contributed by atoms with Crippen LogP contribution in [0, 0.1) is 18.6 Å². The summed E-state index contributed by atoms with van der Waals surface area (Å²) in [6.45, 7) is 1.38. The largest absolute Gasteiger partial charge is 0.392 e. The van der Waals surface area contributed by atoms with Gasteiger partial charge in [0.25, 0.3) is 11.5 Å². The van der Waals surface area contributed by atoms with Crippen LogP contribution in [0.5, 0.6) is 0 Å². The first-order chi connectivity index (χ1) is 12.9. The summed E-state index contributed by atoms with van der Waals surface area (Å²) < 4.78 is 28.4. The lowest BCUT2D eigenvalue weighted by Crippen LogP contribution is -2.29. The zero-order valence-corrected chi connectivity index (χ0v) is 14.4. The number of nitrogens with one attached hydrogen (secondary N) is 1. The van der Waals surface area contributed by atoms with Gasteiger partial charge in [-0.25, -0.2) is 8.78 Å². The van der Waals surface area contributed by atoms with Gasteiger partial charge in [-0.05, 0) is 48.4 Å². The minimum Gasteiger partial charge on any atom is -0.392 e. The maximum absolute atomic E-state index is 14.0. The number of aliphatic hydroxyl groups is 1. The number of carbonyl (C=O) groups is 1. The van der Waals surface area contributed by atoms with E-state index in [0.717, 1.165) is 22.8 Å². The standard InChI is InChI=1S/C20H16F2N2O3/c1-12-7-8-24(17-10-14(21)5-6-16(17)22)20(27)18(12)19(26)23-15-4-2-3-13(9-15)11-25/h2-10,25H,11H2,1H3,(H,23,26). The van der Waals surface area contributed by atoms with Crippen LogP contribution in [0.4, 0.5) is 14.5 Å². The number of aliphatic hydroxyl groups excluding tert-OH is 1. The SMILES string of the molecule is Cc1ccn(-c2cc(F)ccc2F)c(=O)c1C(=O)Nc1cccc(CO)c1. The Morgan fingerprint density at radius 3 is 2.67 bits per heavy atom. The summed E-state index contributed by atoms with van der Waals surface area (Å²) in [5.41, 5.74) is 0.153. The Labute approximate surface area is 153 Å². The number of pyridine rings is 1. The van der Waals surface area contributed by atoms with Crippen molar-refractivity contribution in [3.05, 3.63) is 93.4 Å². The molecule has 0 bridgehead atoms. The van der Waals surface area contributed by atoms with E-state index in [1.54, 1.807) is 31.2 Å². The normalized spacial score (nSPS) is 10.7. The van der Waals surface area contributed by atoms with E-state index in [0.29, 0.717) is 16.8 Å². The maximum Gasteiger partial charge on any atom is 0.268 e. The summed E-state index contributed by atoms with van der Waals surface area (Å²) in [5, 5.41) is 11.8. The van der Waals surface area contributed by atoms with E-state index >= 15 is 0 Å². The monoisotopic (exact) mass is 370 g/mol. The molecule has 7 heteroatoms. The summed E-state index contributed by atoms with van der Waals surface area (Å²) in [7, 11) is 0. The molecule has 0 saturated heterocycles. The van der Waals surface area contributed by atoms with Gasteiger partial charge in [-0.15, -0.1) is 0 Å². The summed E-state index contributed by atoms with van der Waals surface area (Å²) in [4.78, 5) is 25.4. The molecule has 0 radical (unpaired) electrons. The van der Waals surface area contributed by atoms with E-state index < -0.39 is 23.1 Å². The van der Waals surface area contributed by atoms with Gasteiger partial charge in [0.05, 0.1) is 12.3 Å². The Morgan fingerprint density at radius 1 is 1.15 bits per heavy atom. The van der Waals surface area contributed by atoms with E-state index in [1.165, 1.54) is 12.3 Å². The highest BCUT2D eigenvalue weighted by Crippen LogP contribution is 2.16. The molecule has 0 atom stereocenters. The van der Waals surface area contributed by atoms with Gasteiger partial charge in [-0.3, -0.25) is 14.2 Å². The Bertz CT molecular complexity index is 1080. The summed E-state index contributed by atoms with van der Waals surface area (Å²) in [5.74, 6) is -2.17. The Hall–Kier alpha value is -3.32. The second-order valence-electron chi connectivity index (χ2n) is 5.96. The first kappa shape index (κ1) is 18.5. The molecule has 0 aliphatic rings. The van der Waals surface area contributed by atoms with Gasteiger partial charge in [-0.1, -0.05) is 12.1 Å². The lowest BCUT2D eigenvalue weighted by atomic mass is 10.1. The van der Waals surface area contributed by atoms with Crippen LogP contribution in [0.25, 0.3) is 5.69 Å². The molecular weight excluding hydrogens is 354 g/mol. The quantitative estimate of drug-likeness (QED) is 0.741. The first-order valence-corrected chi connectivity index (χ1v) is 8.09. The molecule has 0 aliphatic heterocycles. The number of aryl methyl sites for hydroxylation is 1. The van der Waals surface area contributed by atoms with Crippen molar-refractivity contribution in [1.82, 2.24) is 4.57 Å². The lowest BCUT2D eigenvalue weighted by Gasteiger charge is -2.12. The molecule has 0 fully saturated rings. The highest BCUT2D eigenvalue weighted by molar-refractivity contribution is 6.05. The van der Waals surface area contributed by atoms with Crippen LogP contribution < -0.4 is 10.9 Å². The summed E-state index contributed by atoms with van der Waals surface area (Å²) in [6.07, 6.45) is 1.29. The van der Waals surface area contributed by atoms with Gasteiger partial charge in [0.2, 0.25) is 0 Å². The van der Waals surface area contributed by atoms with E-state index in [-0.39, 0.29) is 17.9 Å². The van der Waals surface area contributed by atoms with Crippen LogP contribution >= 0.6 is 0 Å². The van der Waals surface area contributed by atoms with E-state index in [1.807, 2.05) is 0 Å². The number of nitrogens with zero attached hydrogens (tertiary/aromatic N) is 1. The van der Waals surface area contributed by atoms with Crippen molar-refractivity contribution in [2.75, 3.05) is 5.32 Å². The Morgan fingerprint density at radius 2 is 1.93 bits per heavy atom. The lowest BCUT2D eigenvalue weighted by molar-refractivity contribution is 0.102. The van der Waals surface area contributed by atoms with Gasteiger partial charge in [0.15, 0.2) is 0 Å². The maximum atomic E-state index is 14.0. The van der Waals surface area contributed by atoms with Crippen molar-refractivity contribution in [3.63, 3.8) is 0 Å². The molecule has 1 aromatic heterocycles. The van der Waals surface area contributed by atoms with Crippen LogP contribution in [0.3, 0.4) is 0 Å². The molecule has 5 nitrogen and oxygen atoms in total. The summed E-state index contributed by atoms with van der Waals surface area (Å²) >= 11 is 0. The smallest absolute Gasteiger partial charge is 0.268 e. The zero-order chi connectivity index (χ0) is 19.6. The van der Waals surface area contributed by atoms with E-state index in [4.69, 9.17) is 0 Å². The molecule has 27 heavy (non-hydrogen) atoms. The fourth-order valence-corrected chi connectivity index (χ4v) is 2.70. The Balaban J connectivity index is 2.04. The van der Waals surface area contributed by atoms with E-state index in [9.17, 15) is 23.5 Å². The number of hydrogen-bond donors (Lipinski definition) is 2. The second-order valence-corrected chi connectivity index (χ2v) is 5.96. The van der Waals surface area contributed by atoms with Gasteiger partial charge in [0.1, 0.15) is 17.2 Å². The molecular formula is C20H16F2N2O3. The van der Waals surface area contributed by atoms with E-state index in [2.05, 4.69) is 5.32 Å². The molecule has 0 spiro atoms. The third-order valence-corrected chi connectivity index (χ3v) is 4.06. The molecule has 3 rings (SSSR count). The van der Waals surface area contributed by atoms with Crippen LogP contribution in [0.15, 0.2) is 59.5 Å². The number of rotatable bonds is 4. The van der Waals surface area contributed by atoms with Crippen molar-refractivity contribution in [2.24, 2.45) is 0 Å². The molecule has 0 unspecified atom stereocenters. The number of carbonyl (C=O) groups excluding carboxylic acids is 1. The average Bonchev–Trinajstić information content (AvgIpc) is 2.64. The third kappa shape index (κ3) is 3.78. The molecule has 3 aromatic rings. The second kappa shape index (κ2) is 7.51. The van der Waals surface area contributed by atoms with Crippen LogP contribution in [-0.4, -0.2) is 15.6 Å². The van der Waals surface area contributed by atoms with Gasteiger partial charge in [-0.2, -0.15) is 0 Å². The number of aromatic nitrogens is 1. The van der Waals surface area contributed by atoms with Crippen LogP contribution in [-0.2, 0) is 6.61 Å². The number of benzene rings is 2. The predicted molar refractivity (Wildman–Crippen MR) is 97.0 cm³/mol. The molecule has 138 valence electrons. The summed E-state index contributed by atoms with van der Waals surface area (Å²) in [6, 6.07) is 10.7. The highest BCUT2D eigenvalue weighted by Gasteiger charge is 2.18. The van der Waals surface area contributed by atoms with Crippen molar-refractivity contribution >= 4 is 11.6 Å². The fraction of sp³-hybridized carbons (Fsp3) is 0.100. The molecule has 2 aromatic carbocycles. The molecule has 0 saturated carbocycles. The minimum atomic E-state index is -0.788. The average molecular weight is 370 g/mol.